The summed E-state index contributed by atoms with van der Waals surface area (Å²) >= 11 is 0. The van der Waals surface area contributed by atoms with E-state index in [2.05, 4.69) is 27.7 Å². The van der Waals surface area contributed by atoms with Gasteiger partial charge in [0.2, 0.25) is 0 Å². The molecule has 1 fully saturated rings. The van der Waals surface area contributed by atoms with Gasteiger partial charge in [-0.2, -0.15) is 0 Å². The largest absolute Gasteiger partial charge is 0.465 e. The average Bonchev–Trinajstić information content (AvgIpc) is 2.25. The van der Waals surface area contributed by atoms with Crippen LogP contribution >= 0.6 is 0 Å². The van der Waals surface area contributed by atoms with Gasteiger partial charge in [-0.05, 0) is 32.1 Å². The van der Waals surface area contributed by atoms with Crippen molar-refractivity contribution in [1.29, 1.82) is 0 Å². The lowest BCUT2D eigenvalue weighted by Crippen LogP contribution is -2.41. The normalized spacial score (nSPS) is 23.9. The number of carbonyl (C=O) groups is 1. The zero-order valence-corrected chi connectivity index (χ0v) is 12.1. The van der Waals surface area contributed by atoms with E-state index in [4.69, 9.17) is 4.74 Å². The van der Waals surface area contributed by atoms with Gasteiger partial charge in [0.15, 0.2) is 0 Å². The van der Waals surface area contributed by atoms with E-state index in [1.165, 1.54) is 11.1 Å². The average molecular weight is 238 g/mol. The lowest BCUT2D eigenvalue weighted by molar-refractivity contribution is -0.151. The fourth-order valence-electron chi connectivity index (χ4n) is 2.49. The van der Waals surface area contributed by atoms with E-state index in [1.54, 1.807) is 0 Å². The molecule has 0 aliphatic heterocycles. The molecule has 2 atom stereocenters. The van der Waals surface area contributed by atoms with Crippen molar-refractivity contribution in [3.63, 3.8) is 0 Å². The number of carbonyl (C=O) groups excluding carboxylic acids is 1. The van der Waals surface area contributed by atoms with Crippen LogP contribution in [0.5, 0.6) is 0 Å². The third-order valence-corrected chi connectivity index (χ3v) is 4.29. The van der Waals surface area contributed by atoms with E-state index in [1.807, 2.05) is 13.8 Å². The van der Waals surface area contributed by atoms with Crippen molar-refractivity contribution in [2.24, 2.45) is 17.3 Å². The molecule has 0 spiro atoms. The molecule has 2 heteroatoms. The third kappa shape index (κ3) is 2.91. The van der Waals surface area contributed by atoms with E-state index in [0.29, 0.717) is 12.5 Å². The molecule has 0 bridgehead atoms. The second-order valence-electron chi connectivity index (χ2n) is 6.04. The molecule has 0 unspecified atom stereocenters. The predicted octanol–water partition coefficient (Wildman–Crippen LogP) is 3.96. The molecular weight excluding hydrogens is 212 g/mol. The molecule has 0 radical (unpaired) electrons. The second kappa shape index (κ2) is 5.24. The van der Waals surface area contributed by atoms with Crippen molar-refractivity contribution in [2.45, 2.75) is 54.4 Å². The fourth-order valence-corrected chi connectivity index (χ4v) is 2.49. The van der Waals surface area contributed by atoms with Crippen molar-refractivity contribution in [3.8, 4) is 0 Å². The number of allylic oxidation sites excluding steroid dienone is 2. The SMILES string of the molecule is CC[C@H](C)C(=O)OC[C@@H]1CC(=C(C)C)C1(C)C. The Morgan fingerprint density at radius 3 is 2.47 bits per heavy atom. The van der Waals surface area contributed by atoms with Gasteiger partial charge < -0.3 is 4.74 Å². The first kappa shape index (κ1) is 14.3. The van der Waals surface area contributed by atoms with Crippen molar-refractivity contribution < 1.29 is 9.53 Å². The number of esters is 1. The Morgan fingerprint density at radius 2 is 2.06 bits per heavy atom. The van der Waals surface area contributed by atoms with Crippen molar-refractivity contribution in [3.05, 3.63) is 11.1 Å². The molecule has 0 heterocycles. The van der Waals surface area contributed by atoms with Crippen LogP contribution in [0.2, 0.25) is 0 Å². The molecule has 17 heavy (non-hydrogen) atoms. The van der Waals surface area contributed by atoms with Crippen molar-refractivity contribution >= 4 is 5.97 Å². The summed E-state index contributed by atoms with van der Waals surface area (Å²) in [4.78, 5) is 11.6. The van der Waals surface area contributed by atoms with Crippen molar-refractivity contribution in [1.82, 2.24) is 0 Å². The van der Waals surface area contributed by atoms with Crippen LogP contribution in [0, 0.1) is 17.3 Å². The van der Waals surface area contributed by atoms with Gasteiger partial charge in [-0.3, -0.25) is 4.79 Å². The molecule has 0 amide bonds. The lowest BCUT2D eigenvalue weighted by Gasteiger charge is -2.48. The first-order chi connectivity index (χ1) is 7.80. The van der Waals surface area contributed by atoms with Crippen LogP contribution in [-0.4, -0.2) is 12.6 Å². The molecular formula is C15H26O2. The lowest BCUT2D eigenvalue weighted by atomic mass is 9.58. The Morgan fingerprint density at radius 1 is 1.47 bits per heavy atom. The van der Waals surface area contributed by atoms with Crippen LogP contribution in [0.25, 0.3) is 0 Å². The molecule has 1 aliphatic carbocycles. The van der Waals surface area contributed by atoms with Crippen LogP contribution < -0.4 is 0 Å². The third-order valence-electron chi connectivity index (χ3n) is 4.29. The van der Waals surface area contributed by atoms with Crippen LogP contribution in [0.1, 0.15) is 54.4 Å². The topological polar surface area (TPSA) is 26.3 Å². The van der Waals surface area contributed by atoms with E-state index in [0.717, 1.165) is 12.8 Å². The molecule has 98 valence electrons. The molecule has 0 aromatic carbocycles. The highest BCUT2D eigenvalue weighted by Gasteiger charge is 2.44. The molecule has 0 saturated heterocycles. The number of rotatable bonds is 4. The fraction of sp³-hybridized carbons (Fsp3) is 0.800. The first-order valence-electron chi connectivity index (χ1n) is 6.64. The summed E-state index contributed by atoms with van der Waals surface area (Å²) in [6.07, 6.45) is 1.94. The number of ether oxygens (including phenoxy) is 1. The second-order valence-corrected chi connectivity index (χ2v) is 6.04. The minimum atomic E-state index is -0.0473. The maximum Gasteiger partial charge on any atom is 0.308 e. The quantitative estimate of drug-likeness (QED) is 0.547. The van der Waals surface area contributed by atoms with Crippen LogP contribution in [0.3, 0.4) is 0 Å². The summed E-state index contributed by atoms with van der Waals surface area (Å²) < 4.78 is 5.40. The van der Waals surface area contributed by atoms with Gasteiger partial charge in [0.05, 0.1) is 12.5 Å². The summed E-state index contributed by atoms with van der Waals surface area (Å²) in [5, 5.41) is 0. The molecule has 1 rings (SSSR count). The maximum absolute atomic E-state index is 11.6. The minimum Gasteiger partial charge on any atom is -0.465 e. The van der Waals surface area contributed by atoms with Gasteiger partial charge in [-0.15, -0.1) is 0 Å². The monoisotopic (exact) mass is 238 g/mol. The van der Waals surface area contributed by atoms with Gasteiger partial charge in [-0.25, -0.2) is 0 Å². The smallest absolute Gasteiger partial charge is 0.308 e. The van der Waals surface area contributed by atoms with E-state index < -0.39 is 0 Å². The Kier molecular flexibility index (Phi) is 4.40. The van der Waals surface area contributed by atoms with Gasteiger partial charge in [0.1, 0.15) is 0 Å². The van der Waals surface area contributed by atoms with E-state index in [9.17, 15) is 4.79 Å². The maximum atomic E-state index is 11.6. The van der Waals surface area contributed by atoms with Crippen molar-refractivity contribution in [2.75, 3.05) is 6.61 Å². The molecule has 0 N–H and O–H groups in total. The minimum absolute atomic E-state index is 0.0288. The van der Waals surface area contributed by atoms with E-state index in [-0.39, 0.29) is 17.3 Å². The highest BCUT2D eigenvalue weighted by molar-refractivity contribution is 5.71. The number of hydrogen-bond donors (Lipinski definition) is 0. The first-order valence-corrected chi connectivity index (χ1v) is 6.64. The summed E-state index contributed by atoms with van der Waals surface area (Å²) in [5.41, 5.74) is 3.15. The van der Waals surface area contributed by atoms with Crippen LogP contribution in [0.4, 0.5) is 0 Å². The van der Waals surface area contributed by atoms with Crippen LogP contribution in [-0.2, 0) is 9.53 Å². The Bertz CT molecular complexity index is 322. The molecule has 1 aliphatic rings. The summed E-state index contributed by atoms with van der Waals surface area (Å²) in [6, 6.07) is 0. The summed E-state index contributed by atoms with van der Waals surface area (Å²) in [6.45, 7) is 13.3. The number of hydrogen-bond acceptors (Lipinski definition) is 2. The predicted molar refractivity (Wildman–Crippen MR) is 70.7 cm³/mol. The molecule has 1 saturated carbocycles. The Labute approximate surface area is 105 Å². The van der Waals surface area contributed by atoms with Gasteiger partial charge in [0.25, 0.3) is 0 Å². The summed E-state index contributed by atoms with van der Waals surface area (Å²) in [7, 11) is 0. The molecule has 0 aromatic rings. The van der Waals surface area contributed by atoms with Gasteiger partial charge >= 0.3 is 5.97 Å². The van der Waals surface area contributed by atoms with Gasteiger partial charge in [0, 0.05) is 5.92 Å². The zero-order valence-electron chi connectivity index (χ0n) is 12.1. The Balaban J connectivity index is 2.47. The molecule has 0 aromatic heterocycles. The zero-order chi connectivity index (χ0) is 13.2. The van der Waals surface area contributed by atoms with Crippen LogP contribution in [0.15, 0.2) is 11.1 Å². The Hall–Kier alpha value is -0.790. The summed E-state index contributed by atoms with van der Waals surface area (Å²) in [5.74, 6) is 0.468. The highest BCUT2D eigenvalue weighted by atomic mass is 16.5. The standard InChI is InChI=1S/C15H26O2/c1-7-11(4)14(16)17-9-12-8-13(10(2)3)15(12,5)6/h11-12H,7-9H2,1-6H3/t11-,12-/m0/s1. The molecule has 2 nitrogen and oxygen atoms in total. The highest BCUT2D eigenvalue weighted by Crippen LogP contribution is 2.52. The van der Waals surface area contributed by atoms with E-state index >= 15 is 0 Å². The van der Waals surface area contributed by atoms with Gasteiger partial charge in [-0.1, -0.05) is 38.8 Å².